The molecule has 0 aliphatic rings. The van der Waals surface area contributed by atoms with Crippen LogP contribution in [-0.2, 0) is 4.79 Å². The predicted octanol–water partition coefficient (Wildman–Crippen LogP) is 5.81. The highest BCUT2D eigenvalue weighted by molar-refractivity contribution is 6.38. The number of carbonyl (C=O) groups excluding carboxylic acids is 1. The number of ketones is 1. The molecule has 0 aromatic heterocycles. The minimum absolute atomic E-state index is 0.00107. The van der Waals surface area contributed by atoms with Crippen molar-refractivity contribution < 1.29 is 4.79 Å². The average molecular weight is 315 g/mol. The van der Waals surface area contributed by atoms with Crippen LogP contribution in [0.4, 0.5) is 5.69 Å². The van der Waals surface area contributed by atoms with Gasteiger partial charge >= 0.3 is 0 Å². The lowest BCUT2D eigenvalue weighted by atomic mass is 9.94. The van der Waals surface area contributed by atoms with Gasteiger partial charge < -0.3 is 0 Å². The molecule has 24 heavy (non-hydrogen) atoms. The zero-order valence-electron chi connectivity index (χ0n) is 14.6. The number of benzene rings is 3. The van der Waals surface area contributed by atoms with Crippen LogP contribution in [0.1, 0.15) is 25.0 Å². The number of hydrogen-bond acceptors (Lipinski definition) is 2. The van der Waals surface area contributed by atoms with Crippen LogP contribution in [0.15, 0.2) is 59.6 Å². The van der Waals surface area contributed by atoms with E-state index in [9.17, 15) is 4.79 Å². The van der Waals surface area contributed by atoms with Gasteiger partial charge in [0.05, 0.1) is 11.4 Å². The molecule has 2 heteroatoms. The Morgan fingerprint density at radius 2 is 1.58 bits per heavy atom. The van der Waals surface area contributed by atoms with Gasteiger partial charge in [0.1, 0.15) is 0 Å². The van der Waals surface area contributed by atoms with Crippen LogP contribution in [0, 0.1) is 13.8 Å². The number of Topliss-reactive ketones (excluding diaryl/α,β-unsaturated/α-hetero) is 1. The summed E-state index contributed by atoms with van der Waals surface area (Å²) >= 11 is 0. The van der Waals surface area contributed by atoms with Gasteiger partial charge in [0.25, 0.3) is 0 Å². The lowest BCUT2D eigenvalue weighted by molar-refractivity contribution is -0.111. The van der Waals surface area contributed by atoms with Crippen molar-refractivity contribution in [2.75, 3.05) is 0 Å². The Bertz CT molecular complexity index is 962. The normalized spacial score (nSPS) is 11.8. The van der Waals surface area contributed by atoms with E-state index >= 15 is 0 Å². The molecule has 0 atom stereocenters. The van der Waals surface area contributed by atoms with Crippen molar-refractivity contribution in [3.8, 4) is 11.1 Å². The zero-order valence-corrected chi connectivity index (χ0v) is 14.6. The maximum absolute atomic E-state index is 11.7. The highest BCUT2D eigenvalue weighted by Gasteiger charge is 2.12. The fraction of sp³-hybridized carbons (Fsp3) is 0.182. The average Bonchev–Trinajstić information content (AvgIpc) is 2.56. The van der Waals surface area contributed by atoms with Crippen molar-refractivity contribution in [2.45, 2.75) is 27.7 Å². The van der Waals surface area contributed by atoms with E-state index in [1.165, 1.54) is 16.3 Å². The predicted molar refractivity (Wildman–Crippen MR) is 102 cm³/mol. The zero-order chi connectivity index (χ0) is 17.3. The van der Waals surface area contributed by atoms with E-state index in [1.807, 2.05) is 13.0 Å². The molecule has 0 aliphatic carbocycles. The lowest BCUT2D eigenvalue weighted by Gasteiger charge is -2.14. The minimum atomic E-state index is -0.00107. The molecule has 0 aliphatic heterocycles. The van der Waals surface area contributed by atoms with Crippen molar-refractivity contribution in [2.24, 2.45) is 4.99 Å². The van der Waals surface area contributed by atoms with Crippen molar-refractivity contribution in [3.63, 3.8) is 0 Å². The molecular formula is C22H21NO. The highest BCUT2D eigenvalue weighted by atomic mass is 16.1. The summed E-state index contributed by atoms with van der Waals surface area (Å²) in [5.74, 6) is -0.00107. The van der Waals surface area contributed by atoms with E-state index in [2.05, 4.69) is 60.4 Å². The van der Waals surface area contributed by atoms with Crippen LogP contribution in [-0.4, -0.2) is 11.5 Å². The van der Waals surface area contributed by atoms with Crippen molar-refractivity contribution in [1.29, 1.82) is 0 Å². The van der Waals surface area contributed by atoms with Gasteiger partial charge in [0.2, 0.25) is 0 Å². The van der Waals surface area contributed by atoms with Gasteiger partial charge in [-0.05, 0) is 48.7 Å². The molecule has 0 amide bonds. The molecule has 0 N–H and O–H groups in total. The smallest absolute Gasteiger partial charge is 0.173 e. The number of aliphatic imine (C=N–C) groups is 1. The van der Waals surface area contributed by atoms with Crippen LogP contribution in [0.3, 0.4) is 0 Å². The third-order valence-electron chi connectivity index (χ3n) is 4.31. The summed E-state index contributed by atoms with van der Waals surface area (Å²) < 4.78 is 0. The third kappa shape index (κ3) is 3.00. The first-order valence-electron chi connectivity index (χ1n) is 8.13. The number of nitrogens with zero attached hydrogens (tertiary/aromatic N) is 1. The Morgan fingerprint density at radius 1 is 0.875 bits per heavy atom. The van der Waals surface area contributed by atoms with Gasteiger partial charge in [0, 0.05) is 12.5 Å². The van der Waals surface area contributed by atoms with E-state index < -0.39 is 0 Å². The van der Waals surface area contributed by atoms with Gasteiger partial charge in [-0.25, -0.2) is 4.99 Å². The first-order chi connectivity index (χ1) is 11.5. The molecular weight excluding hydrogens is 294 g/mol. The van der Waals surface area contributed by atoms with E-state index in [0.29, 0.717) is 5.71 Å². The number of hydrogen-bond donors (Lipinski definition) is 0. The van der Waals surface area contributed by atoms with E-state index in [0.717, 1.165) is 22.4 Å². The Kier molecular flexibility index (Phi) is 4.30. The molecule has 0 saturated heterocycles. The van der Waals surface area contributed by atoms with Gasteiger partial charge in [-0.3, -0.25) is 4.79 Å². The second-order valence-electron chi connectivity index (χ2n) is 6.26. The summed E-state index contributed by atoms with van der Waals surface area (Å²) in [6.45, 7) is 7.47. The highest BCUT2D eigenvalue weighted by Crippen LogP contribution is 2.38. The van der Waals surface area contributed by atoms with Crippen LogP contribution in [0.5, 0.6) is 0 Å². The second-order valence-corrected chi connectivity index (χ2v) is 6.26. The molecule has 3 aromatic carbocycles. The Labute approximate surface area is 142 Å². The molecule has 0 bridgehead atoms. The number of aryl methyl sites for hydroxylation is 2. The standard InChI is InChI=1S/C22H21NO/c1-14-12-15(2)22(23-16(3)17(4)24)21(13-14)20-11-7-9-18-8-5-6-10-19(18)20/h5-13H,1-4H3. The van der Waals surface area contributed by atoms with Crippen LogP contribution in [0.25, 0.3) is 21.9 Å². The van der Waals surface area contributed by atoms with Crippen LogP contribution in [0.2, 0.25) is 0 Å². The van der Waals surface area contributed by atoms with Gasteiger partial charge in [-0.2, -0.15) is 0 Å². The first kappa shape index (κ1) is 16.1. The quantitative estimate of drug-likeness (QED) is 0.561. The summed E-state index contributed by atoms with van der Waals surface area (Å²) in [5.41, 5.74) is 5.90. The molecule has 0 radical (unpaired) electrons. The summed E-state index contributed by atoms with van der Waals surface area (Å²) in [6, 6.07) is 18.9. The van der Waals surface area contributed by atoms with Crippen molar-refractivity contribution in [1.82, 2.24) is 0 Å². The Morgan fingerprint density at radius 3 is 2.33 bits per heavy atom. The van der Waals surface area contributed by atoms with Gasteiger partial charge in [-0.15, -0.1) is 0 Å². The van der Waals surface area contributed by atoms with Crippen LogP contribution < -0.4 is 0 Å². The first-order valence-corrected chi connectivity index (χ1v) is 8.13. The van der Waals surface area contributed by atoms with Crippen LogP contribution >= 0.6 is 0 Å². The fourth-order valence-electron chi connectivity index (χ4n) is 3.02. The topological polar surface area (TPSA) is 29.4 Å². The third-order valence-corrected chi connectivity index (χ3v) is 4.31. The summed E-state index contributed by atoms with van der Waals surface area (Å²) in [7, 11) is 0. The summed E-state index contributed by atoms with van der Waals surface area (Å²) in [6.07, 6.45) is 0. The Hall–Kier alpha value is -2.74. The summed E-state index contributed by atoms with van der Waals surface area (Å²) in [5, 5.41) is 2.40. The number of fused-ring (bicyclic) bond motifs is 1. The maximum Gasteiger partial charge on any atom is 0.173 e. The molecule has 2 nitrogen and oxygen atoms in total. The van der Waals surface area contributed by atoms with Crippen molar-refractivity contribution in [3.05, 3.63) is 65.7 Å². The van der Waals surface area contributed by atoms with E-state index in [1.54, 1.807) is 13.8 Å². The molecule has 0 spiro atoms. The molecule has 120 valence electrons. The van der Waals surface area contributed by atoms with E-state index in [4.69, 9.17) is 0 Å². The molecule has 0 heterocycles. The number of rotatable bonds is 3. The molecule has 0 unspecified atom stereocenters. The lowest BCUT2D eigenvalue weighted by Crippen LogP contribution is -2.04. The Balaban J connectivity index is 2.35. The molecule has 0 saturated carbocycles. The maximum atomic E-state index is 11.7. The fourth-order valence-corrected chi connectivity index (χ4v) is 3.02. The van der Waals surface area contributed by atoms with Gasteiger partial charge in [-0.1, -0.05) is 54.1 Å². The number of carbonyl (C=O) groups is 1. The molecule has 3 rings (SSSR count). The summed E-state index contributed by atoms with van der Waals surface area (Å²) in [4.78, 5) is 16.3. The van der Waals surface area contributed by atoms with E-state index in [-0.39, 0.29) is 5.78 Å². The largest absolute Gasteiger partial charge is 0.293 e. The van der Waals surface area contributed by atoms with Gasteiger partial charge in [0.15, 0.2) is 5.78 Å². The monoisotopic (exact) mass is 315 g/mol. The molecule has 0 fully saturated rings. The second kappa shape index (κ2) is 6.40. The molecule has 3 aromatic rings. The SMILES string of the molecule is CC(=O)C(C)=Nc1c(C)cc(C)cc1-c1cccc2ccccc12. The minimum Gasteiger partial charge on any atom is -0.293 e. The van der Waals surface area contributed by atoms with Crippen molar-refractivity contribution >= 4 is 28.0 Å².